The van der Waals surface area contributed by atoms with Crippen molar-refractivity contribution in [3.63, 3.8) is 0 Å². The molecule has 0 radical (unpaired) electrons. The van der Waals surface area contributed by atoms with Crippen molar-refractivity contribution in [2.75, 3.05) is 5.32 Å². The van der Waals surface area contributed by atoms with Gasteiger partial charge in [0.1, 0.15) is 6.04 Å². The molecule has 0 fully saturated rings. The van der Waals surface area contributed by atoms with E-state index in [0.717, 1.165) is 6.07 Å². The lowest BCUT2D eigenvalue weighted by molar-refractivity contribution is -0.139. The number of anilines is 1. The van der Waals surface area contributed by atoms with Gasteiger partial charge in [-0.05, 0) is 18.6 Å². The van der Waals surface area contributed by atoms with Crippen LogP contribution in [0.5, 0.6) is 0 Å². The van der Waals surface area contributed by atoms with E-state index in [9.17, 15) is 22.8 Å². The maximum absolute atomic E-state index is 13.3. The first-order chi connectivity index (χ1) is 9.36. The van der Waals surface area contributed by atoms with Crippen molar-refractivity contribution in [3.05, 3.63) is 29.6 Å². The number of hydrogen-bond acceptors (Lipinski definition) is 2. The molecule has 0 saturated carbocycles. The highest BCUT2D eigenvalue weighted by Crippen LogP contribution is 2.19. The zero-order valence-electron chi connectivity index (χ0n) is 10.5. The van der Waals surface area contributed by atoms with Crippen molar-refractivity contribution in [2.24, 2.45) is 0 Å². The number of urea groups is 1. The van der Waals surface area contributed by atoms with Gasteiger partial charge < -0.3 is 15.7 Å². The fraction of sp³-hybridized carbons (Fsp3) is 0.333. The van der Waals surface area contributed by atoms with E-state index in [0.29, 0.717) is 12.5 Å². The molecule has 2 amide bonds. The minimum absolute atomic E-state index is 0.184. The van der Waals surface area contributed by atoms with E-state index in [-0.39, 0.29) is 6.42 Å². The number of nitrogens with one attached hydrogen (secondary N) is 2. The molecule has 3 N–H and O–H groups in total. The summed E-state index contributed by atoms with van der Waals surface area (Å²) in [7, 11) is 0. The van der Waals surface area contributed by atoms with Gasteiger partial charge in [-0.25, -0.2) is 22.8 Å². The Hall–Kier alpha value is -2.25. The quantitative estimate of drug-likeness (QED) is 0.729. The molecular weight excluding hydrogens is 277 g/mol. The average Bonchev–Trinajstić information content (AvgIpc) is 2.39. The molecular formula is C12H13F3N2O3. The summed E-state index contributed by atoms with van der Waals surface area (Å²) in [4.78, 5) is 22.3. The molecule has 20 heavy (non-hydrogen) atoms. The van der Waals surface area contributed by atoms with Crippen LogP contribution in [0.4, 0.5) is 23.7 Å². The Bertz CT molecular complexity index is 523. The molecule has 1 atom stereocenters. The SMILES string of the molecule is CCC[C@@H](NC(=O)Nc1ccc(F)c(F)c1F)C(=O)O. The summed E-state index contributed by atoms with van der Waals surface area (Å²) in [5, 5.41) is 12.8. The van der Waals surface area contributed by atoms with Gasteiger partial charge in [-0.3, -0.25) is 0 Å². The zero-order chi connectivity index (χ0) is 15.3. The minimum atomic E-state index is -1.72. The van der Waals surface area contributed by atoms with Crippen LogP contribution in [0.1, 0.15) is 19.8 Å². The molecule has 0 aromatic heterocycles. The zero-order valence-corrected chi connectivity index (χ0v) is 10.5. The normalized spacial score (nSPS) is 11.8. The van der Waals surface area contributed by atoms with Crippen LogP contribution in [0.2, 0.25) is 0 Å². The maximum Gasteiger partial charge on any atom is 0.326 e. The summed E-state index contributed by atoms with van der Waals surface area (Å²) in [6, 6.07) is -0.679. The lowest BCUT2D eigenvalue weighted by Gasteiger charge is -2.14. The lowest BCUT2D eigenvalue weighted by Crippen LogP contribution is -2.43. The van der Waals surface area contributed by atoms with E-state index in [4.69, 9.17) is 5.11 Å². The molecule has 0 unspecified atom stereocenters. The Morgan fingerprint density at radius 1 is 1.25 bits per heavy atom. The van der Waals surface area contributed by atoms with Crippen LogP contribution in [0, 0.1) is 17.5 Å². The van der Waals surface area contributed by atoms with Crippen LogP contribution in [0.15, 0.2) is 12.1 Å². The van der Waals surface area contributed by atoms with Gasteiger partial charge >= 0.3 is 12.0 Å². The second-order valence-electron chi connectivity index (χ2n) is 4.00. The molecule has 0 heterocycles. The van der Waals surface area contributed by atoms with E-state index in [1.165, 1.54) is 0 Å². The highest BCUT2D eigenvalue weighted by Gasteiger charge is 2.20. The molecule has 1 rings (SSSR count). The largest absolute Gasteiger partial charge is 0.480 e. The first-order valence-electron chi connectivity index (χ1n) is 5.80. The van der Waals surface area contributed by atoms with Gasteiger partial charge in [0.25, 0.3) is 0 Å². The molecule has 0 bridgehead atoms. The topological polar surface area (TPSA) is 78.4 Å². The van der Waals surface area contributed by atoms with E-state index < -0.39 is 41.2 Å². The van der Waals surface area contributed by atoms with Crippen LogP contribution < -0.4 is 10.6 Å². The summed E-state index contributed by atoms with van der Waals surface area (Å²) < 4.78 is 38.9. The van der Waals surface area contributed by atoms with E-state index in [1.54, 1.807) is 6.92 Å². The number of carbonyl (C=O) groups excluding carboxylic acids is 1. The molecule has 1 aromatic carbocycles. The third-order valence-corrected chi connectivity index (χ3v) is 2.46. The highest BCUT2D eigenvalue weighted by atomic mass is 19.2. The van der Waals surface area contributed by atoms with Gasteiger partial charge in [0.2, 0.25) is 0 Å². The predicted octanol–water partition coefficient (Wildman–Crippen LogP) is 2.48. The summed E-state index contributed by atoms with van der Waals surface area (Å²) in [6.07, 6.45) is 0.694. The Morgan fingerprint density at radius 2 is 1.90 bits per heavy atom. The first-order valence-corrected chi connectivity index (χ1v) is 5.80. The predicted molar refractivity (Wildman–Crippen MR) is 64.8 cm³/mol. The second-order valence-corrected chi connectivity index (χ2v) is 4.00. The first kappa shape index (κ1) is 15.8. The lowest BCUT2D eigenvalue weighted by atomic mass is 10.2. The van der Waals surface area contributed by atoms with Gasteiger partial charge in [0.15, 0.2) is 17.5 Å². The maximum atomic E-state index is 13.3. The Kier molecular flexibility index (Phi) is 5.36. The summed E-state index contributed by atoms with van der Waals surface area (Å²) in [6.45, 7) is 1.73. The highest BCUT2D eigenvalue weighted by molar-refractivity contribution is 5.92. The summed E-state index contributed by atoms with van der Waals surface area (Å²) in [5.74, 6) is -5.90. The number of rotatable bonds is 5. The van der Waals surface area contributed by atoms with Crippen LogP contribution >= 0.6 is 0 Å². The Balaban J connectivity index is 2.76. The number of halogens is 3. The molecule has 8 heteroatoms. The fourth-order valence-corrected chi connectivity index (χ4v) is 1.49. The van der Waals surface area contributed by atoms with Gasteiger partial charge in [-0.15, -0.1) is 0 Å². The number of carboxylic acids is 1. The van der Waals surface area contributed by atoms with Gasteiger partial charge in [-0.2, -0.15) is 0 Å². The van der Waals surface area contributed by atoms with E-state index >= 15 is 0 Å². The standard InChI is InChI=1S/C12H13F3N2O3/c1-2-3-8(11(18)19)17-12(20)16-7-5-4-6(13)9(14)10(7)15/h4-5,8H,2-3H2,1H3,(H,18,19)(H2,16,17,20)/t8-/m1/s1. The smallest absolute Gasteiger partial charge is 0.326 e. The number of carboxylic acid groups (broad SMARTS) is 1. The van der Waals surface area contributed by atoms with Crippen LogP contribution in [0.25, 0.3) is 0 Å². The fourth-order valence-electron chi connectivity index (χ4n) is 1.49. The molecule has 0 aliphatic carbocycles. The monoisotopic (exact) mass is 290 g/mol. The van der Waals surface area contributed by atoms with Crippen molar-refractivity contribution in [1.29, 1.82) is 0 Å². The second kappa shape index (κ2) is 6.78. The van der Waals surface area contributed by atoms with Crippen molar-refractivity contribution >= 4 is 17.7 Å². The number of benzene rings is 1. The number of hydrogen-bond donors (Lipinski definition) is 3. The summed E-state index contributed by atoms with van der Waals surface area (Å²) >= 11 is 0. The van der Waals surface area contributed by atoms with E-state index in [1.807, 2.05) is 5.32 Å². The molecule has 0 aliphatic rings. The molecule has 0 aliphatic heterocycles. The van der Waals surface area contributed by atoms with Crippen molar-refractivity contribution < 1.29 is 27.9 Å². The Morgan fingerprint density at radius 3 is 2.45 bits per heavy atom. The average molecular weight is 290 g/mol. The van der Waals surface area contributed by atoms with Gasteiger partial charge in [0, 0.05) is 0 Å². The van der Waals surface area contributed by atoms with Crippen LogP contribution in [-0.2, 0) is 4.79 Å². The minimum Gasteiger partial charge on any atom is -0.480 e. The number of carbonyl (C=O) groups is 2. The van der Waals surface area contributed by atoms with Crippen LogP contribution in [-0.4, -0.2) is 23.1 Å². The molecule has 0 saturated heterocycles. The van der Waals surface area contributed by atoms with Crippen molar-refractivity contribution in [2.45, 2.75) is 25.8 Å². The molecule has 5 nitrogen and oxygen atoms in total. The van der Waals surface area contributed by atoms with Crippen molar-refractivity contribution in [1.82, 2.24) is 5.32 Å². The number of aliphatic carboxylic acids is 1. The third kappa shape index (κ3) is 3.87. The summed E-state index contributed by atoms with van der Waals surface area (Å²) in [5.41, 5.74) is -0.581. The molecule has 0 spiro atoms. The number of amides is 2. The van der Waals surface area contributed by atoms with E-state index in [2.05, 4.69) is 5.32 Å². The third-order valence-electron chi connectivity index (χ3n) is 2.46. The van der Waals surface area contributed by atoms with Crippen LogP contribution in [0.3, 0.4) is 0 Å². The van der Waals surface area contributed by atoms with Crippen molar-refractivity contribution in [3.8, 4) is 0 Å². The Labute approximate surface area is 112 Å². The van der Waals surface area contributed by atoms with Gasteiger partial charge in [-0.1, -0.05) is 13.3 Å². The van der Waals surface area contributed by atoms with Gasteiger partial charge in [0.05, 0.1) is 5.69 Å². The molecule has 1 aromatic rings. The molecule has 110 valence electrons.